The Morgan fingerprint density at radius 2 is 2.26 bits per heavy atom. The second-order valence-corrected chi connectivity index (χ2v) is 5.44. The standard InChI is InChI=1S/C14H24N2O3/c1-3-10-9-16(7-5-12(10)15-18)14(17)11-6-8-19-13(11)4-2/h10-11,13,18H,3-9H2,1-2H3. The van der Waals surface area contributed by atoms with E-state index < -0.39 is 0 Å². The number of ether oxygens (including phenoxy) is 1. The third kappa shape index (κ3) is 2.91. The third-order valence-electron chi connectivity index (χ3n) is 4.41. The largest absolute Gasteiger partial charge is 0.411 e. The number of carbonyl (C=O) groups excluding carboxylic acids is 1. The molecule has 2 fully saturated rings. The Bertz CT molecular complexity index is 357. The van der Waals surface area contributed by atoms with Gasteiger partial charge in [-0.1, -0.05) is 19.0 Å². The van der Waals surface area contributed by atoms with Crippen LogP contribution >= 0.6 is 0 Å². The molecule has 1 amide bonds. The Labute approximate surface area is 114 Å². The number of nitrogens with zero attached hydrogens (tertiary/aromatic N) is 2. The first-order valence-electron chi connectivity index (χ1n) is 7.32. The summed E-state index contributed by atoms with van der Waals surface area (Å²) in [4.78, 5) is 14.5. The van der Waals surface area contributed by atoms with Gasteiger partial charge in [0.25, 0.3) is 0 Å². The highest BCUT2D eigenvalue weighted by Gasteiger charge is 2.37. The normalized spacial score (nSPS) is 33.9. The van der Waals surface area contributed by atoms with Gasteiger partial charge in [-0.2, -0.15) is 0 Å². The number of carbonyl (C=O) groups is 1. The molecule has 0 aromatic rings. The van der Waals surface area contributed by atoms with Gasteiger partial charge in [-0.15, -0.1) is 0 Å². The quantitative estimate of drug-likeness (QED) is 0.628. The minimum atomic E-state index is 0.0233. The smallest absolute Gasteiger partial charge is 0.228 e. The zero-order valence-electron chi connectivity index (χ0n) is 11.8. The molecule has 108 valence electrons. The summed E-state index contributed by atoms with van der Waals surface area (Å²) in [5.74, 6) is 0.444. The van der Waals surface area contributed by atoms with Crippen molar-refractivity contribution in [3.05, 3.63) is 0 Å². The Balaban J connectivity index is 2.00. The molecule has 3 atom stereocenters. The Hall–Kier alpha value is -1.10. The van der Waals surface area contributed by atoms with E-state index in [1.165, 1.54) is 0 Å². The van der Waals surface area contributed by atoms with Gasteiger partial charge >= 0.3 is 0 Å². The molecule has 0 bridgehead atoms. The van der Waals surface area contributed by atoms with Crippen molar-refractivity contribution in [2.24, 2.45) is 17.0 Å². The number of hydrogen-bond acceptors (Lipinski definition) is 4. The second-order valence-electron chi connectivity index (χ2n) is 5.44. The Morgan fingerprint density at radius 1 is 1.47 bits per heavy atom. The van der Waals surface area contributed by atoms with Gasteiger partial charge in [0.15, 0.2) is 0 Å². The minimum absolute atomic E-state index is 0.0233. The molecule has 2 aliphatic heterocycles. The average molecular weight is 268 g/mol. The van der Waals surface area contributed by atoms with Crippen LogP contribution < -0.4 is 0 Å². The summed E-state index contributed by atoms with van der Waals surface area (Å²) in [5, 5.41) is 12.3. The monoisotopic (exact) mass is 268 g/mol. The maximum Gasteiger partial charge on any atom is 0.228 e. The molecule has 0 spiro atoms. The molecule has 0 radical (unpaired) electrons. The Kier molecular flexibility index (Phi) is 4.80. The zero-order valence-corrected chi connectivity index (χ0v) is 11.8. The van der Waals surface area contributed by atoms with Crippen molar-refractivity contribution in [1.82, 2.24) is 4.90 Å². The lowest BCUT2D eigenvalue weighted by atomic mass is 9.91. The number of oxime groups is 1. The van der Waals surface area contributed by atoms with Gasteiger partial charge in [-0.05, 0) is 19.3 Å². The molecule has 5 nitrogen and oxygen atoms in total. The minimum Gasteiger partial charge on any atom is -0.411 e. The molecule has 2 saturated heterocycles. The van der Waals surface area contributed by atoms with E-state index in [4.69, 9.17) is 9.94 Å². The van der Waals surface area contributed by atoms with E-state index in [1.54, 1.807) is 0 Å². The van der Waals surface area contributed by atoms with Gasteiger partial charge in [-0.3, -0.25) is 4.79 Å². The lowest BCUT2D eigenvalue weighted by Gasteiger charge is -2.35. The van der Waals surface area contributed by atoms with Crippen molar-refractivity contribution in [3.63, 3.8) is 0 Å². The molecule has 2 aliphatic rings. The van der Waals surface area contributed by atoms with E-state index in [0.29, 0.717) is 26.1 Å². The van der Waals surface area contributed by atoms with Crippen LogP contribution in [0.5, 0.6) is 0 Å². The molecular weight excluding hydrogens is 244 g/mol. The molecule has 0 saturated carbocycles. The lowest BCUT2D eigenvalue weighted by molar-refractivity contribution is -0.138. The summed E-state index contributed by atoms with van der Waals surface area (Å²) in [6.45, 7) is 6.18. The van der Waals surface area contributed by atoms with Gasteiger partial charge < -0.3 is 14.8 Å². The predicted molar refractivity (Wildman–Crippen MR) is 72.3 cm³/mol. The first kappa shape index (κ1) is 14.3. The highest BCUT2D eigenvalue weighted by Crippen LogP contribution is 2.27. The topological polar surface area (TPSA) is 62.1 Å². The third-order valence-corrected chi connectivity index (χ3v) is 4.41. The van der Waals surface area contributed by atoms with E-state index >= 15 is 0 Å². The SMILES string of the molecule is CCC1CN(C(=O)C2CCOC2CC)CCC1=NO. The number of hydrogen-bond donors (Lipinski definition) is 1. The van der Waals surface area contributed by atoms with Crippen molar-refractivity contribution in [2.45, 2.75) is 45.6 Å². The maximum atomic E-state index is 12.6. The van der Waals surface area contributed by atoms with Gasteiger partial charge in [0.05, 0.1) is 17.7 Å². The van der Waals surface area contributed by atoms with E-state index in [2.05, 4.69) is 19.0 Å². The number of rotatable bonds is 3. The number of piperidine rings is 1. The molecule has 1 N–H and O–H groups in total. The van der Waals surface area contributed by atoms with Crippen LogP contribution in [0.2, 0.25) is 0 Å². The number of amides is 1. The molecule has 2 heterocycles. The molecule has 19 heavy (non-hydrogen) atoms. The molecule has 5 heteroatoms. The molecule has 2 rings (SSSR count). The summed E-state index contributed by atoms with van der Waals surface area (Å²) < 4.78 is 5.61. The van der Waals surface area contributed by atoms with Crippen LogP contribution in [0.1, 0.15) is 39.5 Å². The molecule has 3 unspecified atom stereocenters. The molecule has 0 aliphatic carbocycles. The molecular formula is C14H24N2O3. The average Bonchev–Trinajstić information content (AvgIpc) is 2.94. The Morgan fingerprint density at radius 3 is 2.89 bits per heavy atom. The van der Waals surface area contributed by atoms with Gasteiger partial charge in [0.2, 0.25) is 5.91 Å². The van der Waals surface area contributed by atoms with E-state index in [9.17, 15) is 4.79 Å². The molecule has 0 aromatic heterocycles. The van der Waals surface area contributed by atoms with E-state index in [1.807, 2.05) is 4.90 Å². The van der Waals surface area contributed by atoms with E-state index in [0.717, 1.165) is 25.0 Å². The van der Waals surface area contributed by atoms with Gasteiger partial charge in [0.1, 0.15) is 0 Å². The van der Waals surface area contributed by atoms with Crippen LogP contribution in [0, 0.1) is 11.8 Å². The fraction of sp³-hybridized carbons (Fsp3) is 0.857. The maximum absolute atomic E-state index is 12.6. The van der Waals surface area contributed by atoms with Crippen molar-refractivity contribution < 1.29 is 14.7 Å². The lowest BCUT2D eigenvalue weighted by Crippen LogP contribution is -2.47. The second kappa shape index (κ2) is 6.37. The summed E-state index contributed by atoms with van der Waals surface area (Å²) in [6, 6.07) is 0. The van der Waals surface area contributed by atoms with Gasteiger partial charge in [-0.25, -0.2) is 0 Å². The number of likely N-dealkylation sites (tertiary alicyclic amines) is 1. The fourth-order valence-corrected chi connectivity index (χ4v) is 3.18. The predicted octanol–water partition coefficient (Wildman–Crippen LogP) is 1.89. The van der Waals surface area contributed by atoms with Crippen molar-refractivity contribution in [2.75, 3.05) is 19.7 Å². The fourth-order valence-electron chi connectivity index (χ4n) is 3.18. The summed E-state index contributed by atoms with van der Waals surface area (Å²) in [5.41, 5.74) is 0.835. The zero-order chi connectivity index (χ0) is 13.8. The van der Waals surface area contributed by atoms with Crippen LogP contribution in [0.25, 0.3) is 0 Å². The summed E-state index contributed by atoms with van der Waals surface area (Å²) in [7, 11) is 0. The first-order valence-corrected chi connectivity index (χ1v) is 7.32. The van der Waals surface area contributed by atoms with Crippen LogP contribution in [0.15, 0.2) is 5.16 Å². The molecule has 0 aromatic carbocycles. The first-order chi connectivity index (χ1) is 9.21. The highest BCUT2D eigenvalue weighted by atomic mass is 16.5. The summed E-state index contributed by atoms with van der Waals surface area (Å²) >= 11 is 0. The van der Waals surface area contributed by atoms with Gasteiger partial charge in [0, 0.05) is 32.0 Å². The van der Waals surface area contributed by atoms with Crippen LogP contribution in [-0.4, -0.2) is 47.5 Å². The van der Waals surface area contributed by atoms with Crippen LogP contribution in [0.3, 0.4) is 0 Å². The van der Waals surface area contributed by atoms with Crippen molar-refractivity contribution in [1.29, 1.82) is 0 Å². The summed E-state index contributed by atoms with van der Waals surface area (Å²) in [6.07, 6.45) is 3.41. The van der Waals surface area contributed by atoms with Crippen LogP contribution in [-0.2, 0) is 9.53 Å². The van der Waals surface area contributed by atoms with Crippen molar-refractivity contribution in [3.8, 4) is 0 Å². The van der Waals surface area contributed by atoms with Crippen molar-refractivity contribution >= 4 is 11.6 Å². The van der Waals surface area contributed by atoms with E-state index in [-0.39, 0.29) is 23.8 Å². The highest BCUT2D eigenvalue weighted by molar-refractivity contribution is 5.89. The van der Waals surface area contributed by atoms with Crippen LogP contribution in [0.4, 0.5) is 0 Å².